The van der Waals surface area contributed by atoms with Gasteiger partial charge in [0, 0.05) is 7.05 Å². The second kappa shape index (κ2) is 6.97. The molecular weight excluding hydrogens is 316 g/mol. The van der Waals surface area contributed by atoms with Gasteiger partial charge in [-0.15, -0.1) is 0 Å². The van der Waals surface area contributed by atoms with Gasteiger partial charge in [-0.1, -0.05) is 30.3 Å². The molecule has 0 saturated heterocycles. The lowest BCUT2D eigenvalue weighted by atomic mass is 10.0. The standard InChI is InChI=1S/C20H22N2O3/c1-14(22-19(24)20(12-13-20)18(23)21-2)15-8-10-17(11-9-15)25-16-6-4-3-5-7-16/h3-11,14H,12-13H2,1-2H3,(H,21,23)(H,22,24). The summed E-state index contributed by atoms with van der Waals surface area (Å²) < 4.78 is 5.76. The molecule has 3 rings (SSSR count). The third-order valence-electron chi connectivity index (χ3n) is 4.55. The Kier molecular flexibility index (Phi) is 4.74. The smallest absolute Gasteiger partial charge is 0.236 e. The van der Waals surface area contributed by atoms with Crippen LogP contribution in [0.5, 0.6) is 11.5 Å². The van der Waals surface area contributed by atoms with E-state index < -0.39 is 5.41 Å². The molecule has 0 spiro atoms. The lowest BCUT2D eigenvalue weighted by molar-refractivity contribution is -0.137. The normalized spacial score (nSPS) is 15.8. The van der Waals surface area contributed by atoms with Gasteiger partial charge in [0.25, 0.3) is 0 Å². The molecule has 1 unspecified atom stereocenters. The van der Waals surface area contributed by atoms with Gasteiger partial charge in [0.1, 0.15) is 16.9 Å². The van der Waals surface area contributed by atoms with E-state index in [-0.39, 0.29) is 17.9 Å². The Balaban J connectivity index is 1.62. The van der Waals surface area contributed by atoms with Crippen LogP contribution in [0.25, 0.3) is 0 Å². The fourth-order valence-electron chi connectivity index (χ4n) is 2.79. The molecule has 2 N–H and O–H groups in total. The zero-order valence-corrected chi connectivity index (χ0v) is 14.4. The molecule has 2 aromatic rings. The molecule has 1 atom stereocenters. The predicted molar refractivity (Wildman–Crippen MR) is 95.2 cm³/mol. The largest absolute Gasteiger partial charge is 0.457 e. The topological polar surface area (TPSA) is 67.4 Å². The number of rotatable bonds is 6. The van der Waals surface area contributed by atoms with Crippen LogP contribution in [-0.2, 0) is 9.59 Å². The highest BCUT2D eigenvalue weighted by atomic mass is 16.5. The van der Waals surface area contributed by atoms with Gasteiger partial charge in [-0.05, 0) is 49.6 Å². The average Bonchev–Trinajstić information content (AvgIpc) is 3.44. The van der Waals surface area contributed by atoms with Crippen molar-refractivity contribution in [2.24, 2.45) is 5.41 Å². The Morgan fingerprint density at radius 1 is 0.960 bits per heavy atom. The van der Waals surface area contributed by atoms with Gasteiger partial charge in [-0.3, -0.25) is 9.59 Å². The molecule has 2 aromatic carbocycles. The fraction of sp³-hybridized carbons (Fsp3) is 0.300. The number of benzene rings is 2. The van der Waals surface area contributed by atoms with Crippen molar-refractivity contribution in [3.05, 3.63) is 60.2 Å². The van der Waals surface area contributed by atoms with Crippen LogP contribution in [0, 0.1) is 5.41 Å². The van der Waals surface area contributed by atoms with Gasteiger partial charge >= 0.3 is 0 Å². The van der Waals surface area contributed by atoms with Crippen molar-refractivity contribution in [3.63, 3.8) is 0 Å². The minimum Gasteiger partial charge on any atom is -0.457 e. The van der Waals surface area contributed by atoms with E-state index in [9.17, 15) is 9.59 Å². The maximum Gasteiger partial charge on any atom is 0.236 e. The monoisotopic (exact) mass is 338 g/mol. The van der Waals surface area contributed by atoms with Crippen LogP contribution in [0.1, 0.15) is 31.4 Å². The molecule has 0 aromatic heterocycles. The van der Waals surface area contributed by atoms with Crippen LogP contribution in [0.4, 0.5) is 0 Å². The predicted octanol–water partition coefficient (Wildman–Crippen LogP) is 3.18. The first-order valence-electron chi connectivity index (χ1n) is 8.41. The molecule has 5 heteroatoms. The summed E-state index contributed by atoms with van der Waals surface area (Å²) in [5, 5.41) is 5.52. The van der Waals surface area contributed by atoms with Gasteiger partial charge < -0.3 is 15.4 Å². The van der Waals surface area contributed by atoms with E-state index in [1.165, 1.54) is 0 Å². The highest BCUT2D eigenvalue weighted by Crippen LogP contribution is 2.46. The molecule has 1 saturated carbocycles. The van der Waals surface area contributed by atoms with Crippen molar-refractivity contribution in [2.75, 3.05) is 7.05 Å². The van der Waals surface area contributed by atoms with Crippen LogP contribution in [0.3, 0.4) is 0 Å². The molecule has 5 nitrogen and oxygen atoms in total. The first-order valence-corrected chi connectivity index (χ1v) is 8.41. The van der Waals surface area contributed by atoms with Crippen LogP contribution in [0.15, 0.2) is 54.6 Å². The molecule has 0 aliphatic heterocycles. The zero-order valence-electron chi connectivity index (χ0n) is 14.4. The Hall–Kier alpha value is -2.82. The Morgan fingerprint density at radius 2 is 1.56 bits per heavy atom. The number of ether oxygens (including phenoxy) is 1. The summed E-state index contributed by atoms with van der Waals surface area (Å²) in [6.07, 6.45) is 1.21. The van der Waals surface area contributed by atoms with Crippen molar-refractivity contribution in [1.29, 1.82) is 0 Å². The van der Waals surface area contributed by atoms with E-state index in [0.29, 0.717) is 12.8 Å². The molecule has 0 heterocycles. The van der Waals surface area contributed by atoms with Gasteiger partial charge in [0.2, 0.25) is 11.8 Å². The fourth-order valence-corrected chi connectivity index (χ4v) is 2.79. The summed E-state index contributed by atoms with van der Waals surface area (Å²) in [4.78, 5) is 24.3. The highest BCUT2D eigenvalue weighted by Gasteiger charge is 2.56. The van der Waals surface area contributed by atoms with Crippen molar-refractivity contribution in [1.82, 2.24) is 10.6 Å². The quantitative estimate of drug-likeness (QED) is 0.795. The summed E-state index contributed by atoms with van der Waals surface area (Å²) >= 11 is 0. The third kappa shape index (κ3) is 3.65. The summed E-state index contributed by atoms with van der Waals surface area (Å²) in [7, 11) is 1.56. The first kappa shape index (κ1) is 17.0. The minimum atomic E-state index is -0.876. The number of carbonyl (C=O) groups is 2. The van der Waals surface area contributed by atoms with Crippen LogP contribution < -0.4 is 15.4 Å². The number of amides is 2. The van der Waals surface area contributed by atoms with E-state index in [1.807, 2.05) is 61.5 Å². The van der Waals surface area contributed by atoms with E-state index in [4.69, 9.17) is 4.74 Å². The van der Waals surface area contributed by atoms with Crippen molar-refractivity contribution in [3.8, 4) is 11.5 Å². The summed E-state index contributed by atoms with van der Waals surface area (Å²) in [5.74, 6) is 1.10. The average molecular weight is 338 g/mol. The molecule has 1 aliphatic carbocycles. The summed E-state index contributed by atoms with van der Waals surface area (Å²) in [6.45, 7) is 1.91. The number of carbonyl (C=O) groups excluding carboxylic acids is 2. The Labute approximate surface area is 147 Å². The van der Waals surface area contributed by atoms with E-state index in [0.717, 1.165) is 17.1 Å². The molecule has 25 heavy (non-hydrogen) atoms. The number of hydrogen-bond acceptors (Lipinski definition) is 3. The molecule has 1 fully saturated rings. The molecule has 0 bridgehead atoms. The third-order valence-corrected chi connectivity index (χ3v) is 4.55. The number of hydrogen-bond donors (Lipinski definition) is 2. The van der Waals surface area contributed by atoms with Gasteiger partial charge in [0.15, 0.2) is 0 Å². The second-order valence-electron chi connectivity index (χ2n) is 6.34. The molecule has 0 radical (unpaired) electrons. The SMILES string of the molecule is CNC(=O)C1(C(=O)NC(C)c2ccc(Oc3ccccc3)cc2)CC1. The first-order chi connectivity index (χ1) is 12.0. The lowest BCUT2D eigenvalue weighted by Crippen LogP contribution is -2.42. The second-order valence-corrected chi connectivity index (χ2v) is 6.34. The maximum absolute atomic E-state index is 12.4. The van der Waals surface area contributed by atoms with Gasteiger partial charge in [-0.25, -0.2) is 0 Å². The maximum atomic E-state index is 12.4. The Morgan fingerprint density at radius 3 is 2.12 bits per heavy atom. The molecular formula is C20H22N2O3. The molecule has 1 aliphatic rings. The van der Waals surface area contributed by atoms with Crippen LogP contribution >= 0.6 is 0 Å². The zero-order chi connectivity index (χ0) is 17.9. The van der Waals surface area contributed by atoms with E-state index in [1.54, 1.807) is 7.05 Å². The number of nitrogens with one attached hydrogen (secondary N) is 2. The molecule has 130 valence electrons. The highest BCUT2D eigenvalue weighted by molar-refractivity contribution is 6.07. The lowest BCUT2D eigenvalue weighted by Gasteiger charge is -2.19. The van der Waals surface area contributed by atoms with E-state index >= 15 is 0 Å². The number of para-hydroxylation sites is 1. The van der Waals surface area contributed by atoms with Crippen molar-refractivity contribution in [2.45, 2.75) is 25.8 Å². The van der Waals surface area contributed by atoms with E-state index in [2.05, 4.69) is 10.6 Å². The van der Waals surface area contributed by atoms with Crippen molar-refractivity contribution < 1.29 is 14.3 Å². The molecule has 2 amide bonds. The minimum absolute atomic E-state index is 0.180. The van der Waals surface area contributed by atoms with Crippen LogP contribution in [0.2, 0.25) is 0 Å². The van der Waals surface area contributed by atoms with Crippen LogP contribution in [-0.4, -0.2) is 18.9 Å². The van der Waals surface area contributed by atoms with Gasteiger partial charge in [0.05, 0.1) is 6.04 Å². The van der Waals surface area contributed by atoms with Crippen molar-refractivity contribution >= 4 is 11.8 Å². The summed E-state index contributed by atoms with van der Waals surface area (Å²) in [6, 6.07) is 17.0. The summed E-state index contributed by atoms with van der Waals surface area (Å²) in [5.41, 5.74) is 0.0841. The van der Waals surface area contributed by atoms with Gasteiger partial charge in [-0.2, -0.15) is 0 Å². The Bertz CT molecular complexity index is 752.